The highest BCUT2D eigenvalue weighted by atomic mass is 16.2. The van der Waals surface area contributed by atoms with Crippen LogP contribution < -0.4 is 5.32 Å². The van der Waals surface area contributed by atoms with Gasteiger partial charge in [-0.3, -0.25) is 19.3 Å². The largest absolute Gasteiger partial charge is 0.347 e. The molecule has 0 radical (unpaired) electrons. The third kappa shape index (κ3) is 2.87. The molecule has 7 heteroatoms. The smallest absolute Gasteiger partial charge is 0.262 e. The number of imide groups is 1. The lowest BCUT2D eigenvalue weighted by molar-refractivity contribution is -0.121. The summed E-state index contributed by atoms with van der Waals surface area (Å²) < 4.78 is 1.90. The second-order valence-corrected chi connectivity index (χ2v) is 6.60. The molecule has 2 aromatic carbocycles. The van der Waals surface area contributed by atoms with Gasteiger partial charge in [-0.15, -0.1) is 0 Å². The topological polar surface area (TPSA) is 84.3 Å². The Kier molecular flexibility index (Phi) is 3.99. The van der Waals surface area contributed by atoms with Crippen LogP contribution in [0, 0.1) is 6.92 Å². The van der Waals surface area contributed by atoms with Crippen LogP contribution in [0.3, 0.4) is 0 Å². The first-order valence-electron chi connectivity index (χ1n) is 8.59. The van der Waals surface area contributed by atoms with E-state index in [0.29, 0.717) is 17.0 Å². The van der Waals surface area contributed by atoms with E-state index in [0.717, 1.165) is 21.5 Å². The van der Waals surface area contributed by atoms with Crippen molar-refractivity contribution in [3.8, 4) is 0 Å². The van der Waals surface area contributed by atoms with Crippen LogP contribution in [0.5, 0.6) is 0 Å². The maximum absolute atomic E-state index is 12.4. The summed E-state index contributed by atoms with van der Waals surface area (Å²) in [5, 5.41) is 2.74. The molecular weight excluding hydrogens is 344 g/mol. The van der Waals surface area contributed by atoms with Crippen LogP contribution in [0.2, 0.25) is 0 Å². The number of imidazole rings is 1. The predicted octanol–water partition coefficient (Wildman–Crippen LogP) is 1.79. The van der Waals surface area contributed by atoms with Crippen LogP contribution >= 0.6 is 0 Å². The number of benzene rings is 2. The summed E-state index contributed by atoms with van der Waals surface area (Å²) >= 11 is 0. The van der Waals surface area contributed by atoms with Gasteiger partial charge in [-0.05, 0) is 31.2 Å². The average molecular weight is 362 g/mol. The third-order valence-corrected chi connectivity index (χ3v) is 4.75. The zero-order valence-corrected chi connectivity index (χ0v) is 15.0. The van der Waals surface area contributed by atoms with Crippen molar-refractivity contribution in [1.82, 2.24) is 19.8 Å². The number of fused-ring (bicyclic) bond motifs is 2. The van der Waals surface area contributed by atoms with Crippen molar-refractivity contribution in [3.63, 3.8) is 0 Å². The Morgan fingerprint density at radius 1 is 1.07 bits per heavy atom. The van der Waals surface area contributed by atoms with Crippen molar-refractivity contribution in [2.45, 2.75) is 13.5 Å². The molecule has 0 atom stereocenters. The van der Waals surface area contributed by atoms with Crippen molar-refractivity contribution < 1.29 is 14.4 Å². The Bertz CT molecular complexity index is 1100. The van der Waals surface area contributed by atoms with Gasteiger partial charge in [0.2, 0.25) is 5.91 Å². The second kappa shape index (κ2) is 6.35. The molecule has 2 heterocycles. The van der Waals surface area contributed by atoms with Gasteiger partial charge < -0.3 is 9.88 Å². The molecule has 0 spiro atoms. The van der Waals surface area contributed by atoms with Crippen LogP contribution in [0.4, 0.5) is 0 Å². The fourth-order valence-corrected chi connectivity index (χ4v) is 3.28. The van der Waals surface area contributed by atoms with Gasteiger partial charge in [0, 0.05) is 7.05 Å². The quantitative estimate of drug-likeness (QED) is 0.717. The minimum absolute atomic E-state index is 0.215. The molecule has 0 unspecified atom stereocenters. The van der Waals surface area contributed by atoms with E-state index in [4.69, 9.17) is 0 Å². The normalized spacial score (nSPS) is 13.3. The van der Waals surface area contributed by atoms with E-state index in [2.05, 4.69) is 10.3 Å². The number of hydrogen-bond donors (Lipinski definition) is 1. The fourth-order valence-electron chi connectivity index (χ4n) is 3.28. The Labute approximate surface area is 155 Å². The zero-order valence-electron chi connectivity index (χ0n) is 15.0. The molecule has 136 valence electrons. The lowest BCUT2D eigenvalue weighted by atomic mass is 10.1. The maximum Gasteiger partial charge on any atom is 0.262 e. The van der Waals surface area contributed by atoms with Gasteiger partial charge in [0.05, 0.1) is 28.7 Å². The molecular formula is C20H18N4O3. The first-order valence-corrected chi connectivity index (χ1v) is 8.59. The highest BCUT2D eigenvalue weighted by Gasteiger charge is 2.36. The molecule has 27 heavy (non-hydrogen) atoms. The van der Waals surface area contributed by atoms with E-state index in [1.54, 1.807) is 18.2 Å². The second-order valence-electron chi connectivity index (χ2n) is 6.60. The summed E-state index contributed by atoms with van der Waals surface area (Å²) in [4.78, 5) is 42.6. The maximum atomic E-state index is 12.4. The molecule has 1 aromatic heterocycles. The van der Waals surface area contributed by atoms with Gasteiger partial charge in [-0.2, -0.15) is 0 Å². The standard InChI is InChI=1S/C20H18N4O3/c1-12-7-8-13-14(9-12)20(27)24(19(13)26)11-18(25)21-10-17-22-15-5-3-4-6-16(15)23(17)2/h3-9H,10-11H2,1-2H3,(H,21,25). The molecule has 0 bridgehead atoms. The van der Waals surface area contributed by atoms with Crippen LogP contribution in [0.25, 0.3) is 11.0 Å². The number of carbonyl (C=O) groups is 3. The van der Waals surface area contributed by atoms with Gasteiger partial charge in [-0.1, -0.05) is 23.8 Å². The van der Waals surface area contributed by atoms with Gasteiger partial charge in [0.25, 0.3) is 11.8 Å². The molecule has 7 nitrogen and oxygen atoms in total. The molecule has 1 N–H and O–H groups in total. The van der Waals surface area contributed by atoms with E-state index in [-0.39, 0.29) is 13.1 Å². The number of amides is 3. The summed E-state index contributed by atoms with van der Waals surface area (Å²) in [5.41, 5.74) is 3.40. The van der Waals surface area contributed by atoms with Crippen molar-refractivity contribution in [3.05, 3.63) is 65.0 Å². The van der Waals surface area contributed by atoms with Crippen LogP contribution in [-0.4, -0.2) is 38.7 Å². The van der Waals surface area contributed by atoms with E-state index in [1.165, 1.54) is 0 Å². The Balaban J connectivity index is 1.45. The Morgan fingerprint density at radius 2 is 1.81 bits per heavy atom. The highest BCUT2D eigenvalue weighted by molar-refractivity contribution is 6.22. The number of carbonyl (C=O) groups excluding carboxylic acids is 3. The fraction of sp³-hybridized carbons (Fsp3) is 0.200. The van der Waals surface area contributed by atoms with E-state index >= 15 is 0 Å². The van der Waals surface area contributed by atoms with Crippen LogP contribution in [-0.2, 0) is 18.4 Å². The molecule has 0 saturated carbocycles. The molecule has 4 rings (SSSR count). The monoisotopic (exact) mass is 362 g/mol. The minimum Gasteiger partial charge on any atom is -0.347 e. The predicted molar refractivity (Wildman–Crippen MR) is 99.1 cm³/mol. The van der Waals surface area contributed by atoms with Crippen molar-refractivity contribution in [1.29, 1.82) is 0 Å². The first-order chi connectivity index (χ1) is 13.0. The SMILES string of the molecule is Cc1ccc2c(c1)C(=O)N(CC(=O)NCc1nc3ccccc3n1C)C2=O. The van der Waals surface area contributed by atoms with Crippen molar-refractivity contribution >= 4 is 28.8 Å². The highest BCUT2D eigenvalue weighted by Crippen LogP contribution is 2.23. The number of hydrogen-bond acceptors (Lipinski definition) is 4. The summed E-state index contributed by atoms with van der Waals surface area (Å²) in [7, 11) is 1.88. The zero-order chi connectivity index (χ0) is 19.1. The Morgan fingerprint density at radius 3 is 2.59 bits per heavy atom. The number of para-hydroxylation sites is 2. The third-order valence-electron chi connectivity index (χ3n) is 4.75. The van der Waals surface area contributed by atoms with E-state index < -0.39 is 17.7 Å². The Hall–Kier alpha value is -3.48. The number of nitrogens with one attached hydrogen (secondary N) is 1. The number of aryl methyl sites for hydroxylation is 2. The van der Waals surface area contributed by atoms with Gasteiger partial charge in [0.15, 0.2) is 0 Å². The summed E-state index contributed by atoms with van der Waals surface area (Å²) in [6.45, 7) is 1.76. The molecule has 1 aliphatic heterocycles. The molecule has 3 amide bonds. The molecule has 0 saturated heterocycles. The van der Waals surface area contributed by atoms with Crippen molar-refractivity contribution in [2.75, 3.05) is 6.54 Å². The lowest BCUT2D eigenvalue weighted by Gasteiger charge is -2.13. The lowest BCUT2D eigenvalue weighted by Crippen LogP contribution is -2.40. The molecule has 0 fully saturated rings. The number of aromatic nitrogens is 2. The molecule has 1 aliphatic rings. The van der Waals surface area contributed by atoms with Crippen LogP contribution in [0.15, 0.2) is 42.5 Å². The summed E-state index contributed by atoms with van der Waals surface area (Å²) in [6, 6.07) is 12.8. The minimum atomic E-state index is -0.437. The van der Waals surface area contributed by atoms with Gasteiger partial charge >= 0.3 is 0 Å². The summed E-state index contributed by atoms with van der Waals surface area (Å²) in [5.74, 6) is -0.583. The van der Waals surface area contributed by atoms with E-state index in [1.807, 2.05) is 42.8 Å². The van der Waals surface area contributed by atoms with E-state index in [9.17, 15) is 14.4 Å². The van der Waals surface area contributed by atoms with Crippen LogP contribution in [0.1, 0.15) is 32.1 Å². The van der Waals surface area contributed by atoms with Gasteiger partial charge in [-0.25, -0.2) is 4.98 Å². The first kappa shape index (κ1) is 17.0. The molecule has 3 aromatic rings. The number of nitrogens with zero attached hydrogens (tertiary/aromatic N) is 3. The average Bonchev–Trinajstić information content (AvgIpc) is 3.10. The molecule has 0 aliphatic carbocycles. The van der Waals surface area contributed by atoms with Crippen molar-refractivity contribution in [2.24, 2.45) is 7.05 Å². The summed E-state index contributed by atoms with van der Waals surface area (Å²) in [6.07, 6.45) is 0. The number of rotatable bonds is 4. The van der Waals surface area contributed by atoms with Gasteiger partial charge in [0.1, 0.15) is 12.4 Å².